The Bertz CT molecular complexity index is 1260. The van der Waals surface area contributed by atoms with Crippen molar-refractivity contribution in [1.29, 1.82) is 0 Å². The highest BCUT2D eigenvalue weighted by atomic mass is 16.6. The van der Waals surface area contributed by atoms with Crippen LogP contribution in [0.4, 0.5) is 11.4 Å². The van der Waals surface area contributed by atoms with Gasteiger partial charge in [-0.1, -0.05) is 18.2 Å². The van der Waals surface area contributed by atoms with E-state index in [9.17, 15) is 19.7 Å². The van der Waals surface area contributed by atoms with Crippen LogP contribution in [0, 0.1) is 10.1 Å². The van der Waals surface area contributed by atoms with E-state index in [0.29, 0.717) is 23.0 Å². The second-order valence-corrected chi connectivity index (χ2v) is 7.68. The molecule has 170 valence electrons. The number of aromatic nitrogens is 1. The molecule has 1 aliphatic rings. The topological polar surface area (TPSA) is 124 Å². The molecule has 0 radical (unpaired) electrons. The molecular formula is C23H22N4O6. The molecule has 3 aromatic rings. The van der Waals surface area contributed by atoms with Crippen LogP contribution >= 0.6 is 0 Å². The zero-order chi connectivity index (χ0) is 23.5. The number of benzene rings is 2. The van der Waals surface area contributed by atoms with Gasteiger partial charge < -0.3 is 19.7 Å². The van der Waals surface area contributed by atoms with Gasteiger partial charge in [0.25, 0.3) is 11.6 Å². The second-order valence-electron chi connectivity index (χ2n) is 7.68. The molecule has 1 N–H and O–H groups in total. The van der Waals surface area contributed by atoms with Crippen molar-refractivity contribution in [2.24, 2.45) is 0 Å². The zero-order valence-electron chi connectivity index (χ0n) is 18.2. The Kier molecular flexibility index (Phi) is 6.18. The van der Waals surface area contributed by atoms with Crippen molar-refractivity contribution >= 4 is 34.2 Å². The third-order valence-corrected chi connectivity index (χ3v) is 5.45. The molecule has 2 heterocycles. The molecule has 0 fully saturated rings. The number of non-ortho nitro benzene ring substituents is 1. The van der Waals surface area contributed by atoms with Crippen molar-refractivity contribution in [2.75, 3.05) is 32.6 Å². The zero-order valence-corrected chi connectivity index (χ0v) is 18.2. The Morgan fingerprint density at radius 2 is 2.03 bits per heavy atom. The number of fused-ring (bicyclic) bond motifs is 2. The van der Waals surface area contributed by atoms with Crippen LogP contribution in [0.25, 0.3) is 10.9 Å². The number of nitrogens with one attached hydrogen (secondary N) is 1. The number of hydrogen-bond donors (Lipinski definition) is 1. The number of amides is 1. The average molecular weight is 450 g/mol. The van der Waals surface area contributed by atoms with Crippen LogP contribution in [0.2, 0.25) is 0 Å². The molecule has 33 heavy (non-hydrogen) atoms. The maximum Gasteiger partial charge on any atom is 0.339 e. The molecule has 2 aromatic carbocycles. The van der Waals surface area contributed by atoms with Crippen LogP contribution in [0.1, 0.15) is 21.6 Å². The van der Waals surface area contributed by atoms with Crippen LogP contribution < -0.4 is 10.1 Å². The molecule has 0 atom stereocenters. The molecule has 1 aliphatic heterocycles. The summed E-state index contributed by atoms with van der Waals surface area (Å²) in [6, 6.07) is 11.2. The summed E-state index contributed by atoms with van der Waals surface area (Å²) in [5, 5.41) is 14.2. The number of rotatable bonds is 6. The SMILES string of the molecule is COc1cc([N+](=O)[O-])ccc1NC(=O)COC(=O)c1c2c(nc3ccccc13)CCN(C)C2. The summed E-state index contributed by atoms with van der Waals surface area (Å²) in [6.45, 7) is 0.871. The number of nitrogens with zero attached hydrogens (tertiary/aromatic N) is 3. The van der Waals surface area contributed by atoms with E-state index in [4.69, 9.17) is 14.5 Å². The molecule has 0 saturated heterocycles. The van der Waals surface area contributed by atoms with Crippen molar-refractivity contribution in [3.8, 4) is 5.75 Å². The minimum Gasteiger partial charge on any atom is -0.494 e. The summed E-state index contributed by atoms with van der Waals surface area (Å²) < 4.78 is 10.5. The number of nitro groups is 1. The lowest BCUT2D eigenvalue weighted by Crippen LogP contribution is -2.30. The van der Waals surface area contributed by atoms with Crippen LogP contribution in [0.5, 0.6) is 5.75 Å². The van der Waals surface area contributed by atoms with Gasteiger partial charge in [0.05, 0.1) is 34.9 Å². The fourth-order valence-corrected chi connectivity index (χ4v) is 3.84. The summed E-state index contributed by atoms with van der Waals surface area (Å²) in [5.74, 6) is -1.08. The Labute approximate surface area is 189 Å². The van der Waals surface area contributed by atoms with Gasteiger partial charge in [-0.25, -0.2) is 4.79 Å². The van der Waals surface area contributed by atoms with E-state index in [0.717, 1.165) is 24.2 Å². The summed E-state index contributed by atoms with van der Waals surface area (Å²) in [5.41, 5.74) is 2.85. The maximum absolute atomic E-state index is 13.1. The van der Waals surface area contributed by atoms with Crippen molar-refractivity contribution < 1.29 is 24.0 Å². The number of para-hydroxylation sites is 1. The van der Waals surface area contributed by atoms with Crippen LogP contribution in [0.3, 0.4) is 0 Å². The Balaban J connectivity index is 1.53. The lowest BCUT2D eigenvalue weighted by Gasteiger charge is -2.26. The lowest BCUT2D eigenvalue weighted by atomic mass is 9.96. The van der Waals surface area contributed by atoms with Crippen LogP contribution in [-0.2, 0) is 22.5 Å². The van der Waals surface area contributed by atoms with E-state index in [1.54, 1.807) is 0 Å². The highest BCUT2D eigenvalue weighted by Gasteiger charge is 2.26. The fourth-order valence-electron chi connectivity index (χ4n) is 3.84. The van der Waals surface area contributed by atoms with Crippen LogP contribution in [-0.4, -0.2) is 54.0 Å². The number of methoxy groups -OCH3 is 1. The van der Waals surface area contributed by atoms with Gasteiger partial charge in [-0.05, 0) is 19.2 Å². The highest BCUT2D eigenvalue weighted by Crippen LogP contribution is 2.30. The summed E-state index contributed by atoms with van der Waals surface area (Å²) in [6.07, 6.45) is 0.720. The number of ether oxygens (including phenoxy) is 2. The lowest BCUT2D eigenvalue weighted by molar-refractivity contribution is -0.384. The summed E-state index contributed by atoms with van der Waals surface area (Å²) in [4.78, 5) is 42.7. The smallest absolute Gasteiger partial charge is 0.339 e. The number of carbonyl (C=O) groups excluding carboxylic acids is 2. The van der Waals surface area contributed by atoms with Crippen molar-refractivity contribution in [3.63, 3.8) is 0 Å². The third-order valence-electron chi connectivity index (χ3n) is 5.45. The van der Waals surface area contributed by atoms with Crippen molar-refractivity contribution in [2.45, 2.75) is 13.0 Å². The van der Waals surface area contributed by atoms with Crippen molar-refractivity contribution in [1.82, 2.24) is 9.88 Å². The monoisotopic (exact) mass is 450 g/mol. The Morgan fingerprint density at radius 3 is 2.79 bits per heavy atom. The van der Waals surface area contributed by atoms with Crippen LogP contribution in [0.15, 0.2) is 42.5 Å². The summed E-state index contributed by atoms with van der Waals surface area (Å²) >= 11 is 0. The Hall–Kier alpha value is -4.05. The number of hydrogen-bond acceptors (Lipinski definition) is 8. The molecule has 0 aliphatic carbocycles. The van der Waals surface area contributed by atoms with E-state index in [1.165, 1.54) is 25.3 Å². The highest BCUT2D eigenvalue weighted by molar-refractivity contribution is 6.06. The first kappa shape index (κ1) is 22.2. The fraction of sp³-hybridized carbons (Fsp3) is 0.261. The van der Waals surface area contributed by atoms with Gasteiger partial charge >= 0.3 is 5.97 Å². The largest absolute Gasteiger partial charge is 0.494 e. The maximum atomic E-state index is 13.1. The number of esters is 1. The molecule has 10 heteroatoms. The predicted molar refractivity (Wildman–Crippen MR) is 120 cm³/mol. The first-order valence-electron chi connectivity index (χ1n) is 10.3. The Morgan fingerprint density at radius 1 is 1.24 bits per heavy atom. The molecule has 0 spiro atoms. The van der Waals surface area contributed by atoms with E-state index in [-0.39, 0.29) is 17.1 Å². The molecule has 0 saturated carbocycles. The number of carbonyl (C=O) groups is 2. The normalized spacial score (nSPS) is 13.3. The first-order valence-corrected chi connectivity index (χ1v) is 10.3. The third kappa shape index (κ3) is 4.60. The number of nitro benzene ring substituents is 1. The van der Waals surface area contributed by atoms with E-state index in [2.05, 4.69) is 10.2 Å². The minimum atomic E-state index is -0.606. The molecule has 0 unspecified atom stereocenters. The van der Waals surface area contributed by atoms with Crippen molar-refractivity contribution in [3.05, 3.63) is 69.4 Å². The number of anilines is 1. The van der Waals surface area contributed by atoms with E-state index in [1.807, 2.05) is 31.3 Å². The summed E-state index contributed by atoms with van der Waals surface area (Å²) in [7, 11) is 3.31. The van der Waals surface area contributed by atoms with Gasteiger partial charge in [0.2, 0.25) is 0 Å². The number of likely N-dealkylation sites (N-methyl/N-ethyl adjacent to an activating group) is 1. The quantitative estimate of drug-likeness (QED) is 0.345. The molecule has 1 aromatic heterocycles. The molecule has 0 bridgehead atoms. The molecule has 1 amide bonds. The van der Waals surface area contributed by atoms with Gasteiger partial charge in [-0.15, -0.1) is 0 Å². The number of pyridine rings is 1. The molecule has 10 nitrogen and oxygen atoms in total. The van der Waals surface area contributed by atoms with Gasteiger partial charge in [-0.2, -0.15) is 0 Å². The average Bonchev–Trinajstić information content (AvgIpc) is 2.81. The minimum absolute atomic E-state index is 0.126. The molecule has 4 rings (SSSR count). The van der Waals surface area contributed by atoms with Gasteiger partial charge in [0, 0.05) is 42.2 Å². The molecular weight excluding hydrogens is 428 g/mol. The second kappa shape index (κ2) is 9.21. The van der Waals surface area contributed by atoms with Gasteiger partial charge in [0.1, 0.15) is 5.75 Å². The predicted octanol–water partition coefficient (Wildman–Crippen LogP) is 2.94. The van der Waals surface area contributed by atoms with Gasteiger partial charge in [0.15, 0.2) is 6.61 Å². The first-order chi connectivity index (χ1) is 15.9. The standard InChI is InChI=1S/C23H22N4O6/c1-26-10-9-18-16(12-26)22(15-5-3-4-6-17(15)24-18)23(29)33-13-21(28)25-19-8-7-14(27(30)31)11-20(19)32-2/h3-8,11H,9-10,12-13H2,1-2H3,(H,25,28). The van der Waals surface area contributed by atoms with E-state index >= 15 is 0 Å². The van der Waals surface area contributed by atoms with E-state index < -0.39 is 23.4 Å². The van der Waals surface area contributed by atoms with Gasteiger partial charge in [-0.3, -0.25) is 19.9 Å².